The zero-order chi connectivity index (χ0) is 14.5. The van der Waals surface area contributed by atoms with Gasteiger partial charge in [0.15, 0.2) is 0 Å². The number of nitriles is 1. The summed E-state index contributed by atoms with van der Waals surface area (Å²) in [5.41, 5.74) is 2.96. The summed E-state index contributed by atoms with van der Waals surface area (Å²) in [4.78, 5) is 15.8. The molecule has 1 heterocycles. The van der Waals surface area contributed by atoms with Crippen LogP contribution >= 0.6 is 0 Å². The van der Waals surface area contributed by atoms with Crippen LogP contribution in [0.25, 0.3) is 0 Å². The number of rotatable bonds is 4. The second kappa shape index (κ2) is 5.97. The van der Waals surface area contributed by atoms with Gasteiger partial charge in [0.05, 0.1) is 0 Å². The fourth-order valence-electron chi connectivity index (χ4n) is 1.95. The van der Waals surface area contributed by atoms with E-state index in [-0.39, 0.29) is 18.3 Å². The minimum atomic E-state index is -0.191. The van der Waals surface area contributed by atoms with E-state index in [0.29, 0.717) is 0 Å². The van der Waals surface area contributed by atoms with Crippen LogP contribution in [-0.4, -0.2) is 20.7 Å². The number of aryl methyl sites for hydroxylation is 2. The monoisotopic (exact) mass is 269 g/mol. The van der Waals surface area contributed by atoms with Gasteiger partial charge in [0, 0.05) is 5.69 Å². The molecule has 0 radical (unpaired) electrons. The number of amides is 1. The maximum Gasteiger partial charge on any atom is 0.252 e. The van der Waals surface area contributed by atoms with Gasteiger partial charge < -0.3 is 5.32 Å². The van der Waals surface area contributed by atoms with E-state index in [2.05, 4.69) is 15.4 Å². The van der Waals surface area contributed by atoms with Crippen molar-refractivity contribution < 1.29 is 4.79 Å². The summed E-state index contributed by atoms with van der Waals surface area (Å²) < 4.78 is 1.35. The van der Waals surface area contributed by atoms with Crippen molar-refractivity contribution in [2.45, 2.75) is 26.8 Å². The minimum absolute atomic E-state index is 0.0339. The van der Waals surface area contributed by atoms with Crippen LogP contribution in [0.15, 0.2) is 24.5 Å². The van der Waals surface area contributed by atoms with E-state index in [1.165, 1.54) is 11.0 Å². The smallest absolute Gasteiger partial charge is 0.252 e. The molecule has 1 amide bonds. The lowest BCUT2D eigenvalue weighted by molar-refractivity contribution is -0.116. The summed E-state index contributed by atoms with van der Waals surface area (Å²) in [5, 5.41) is 15.4. The van der Waals surface area contributed by atoms with Crippen molar-refractivity contribution in [2.75, 3.05) is 5.32 Å². The van der Waals surface area contributed by atoms with Gasteiger partial charge in [-0.05, 0) is 24.5 Å². The number of nitrogens with one attached hydrogen (secondary N) is 1. The van der Waals surface area contributed by atoms with Crippen molar-refractivity contribution in [1.82, 2.24) is 14.8 Å². The van der Waals surface area contributed by atoms with Crippen LogP contribution in [-0.2, 0) is 17.8 Å². The minimum Gasteiger partial charge on any atom is -0.324 e. The first-order chi connectivity index (χ1) is 9.63. The molecule has 0 aliphatic heterocycles. The molecule has 0 saturated carbocycles. The Hall–Kier alpha value is -2.68. The topological polar surface area (TPSA) is 83.6 Å². The van der Waals surface area contributed by atoms with Gasteiger partial charge in [0.25, 0.3) is 5.82 Å². The summed E-state index contributed by atoms with van der Waals surface area (Å²) >= 11 is 0. The molecule has 2 aromatic rings. The van der Waals surface area contributed by atoms with Gasteiger partial charge >= 0.3 is 0 Å². The molecule has 102 valence electrons. The molecular weight excluding hydrogens is 254 g/mol. The maximum absolute atomic E-state index is 12.0. The molecule has 1 aromatic heterocycles. The van der Waals surface area contributed by atoms with Crippen molar-refractivity contribution in [3.8, 4) is 6.07 Å². The van der Waals surface area contributed by atoms with Crippen LogP contribution in [0, 0.1) is 18.3 Å². The molecule has 6 nitrogen and oxygen atoms in total. The molecule has 6 heteroatoms. The van der Waals surface area contributed by atoms with Crippen LogP contribution < -0.4 is 5.32 Å². The van der Waals surface area contributed by atoms with Crippen LogP contribution in [0.1, 0.15) is 23.9 Å². The number of carbonyl (C=O) groups excluding carboxylic acids is 1. The van der Waals surface area contributed by atoms with Crippen LogP contribution in [0.2, 0.25) is 0 Å². The molecule has 2 rings (SSSR count). The Morgan fingerprint density at radius 3 is 2.95 bits per heavy atom. The average Bonchev–Trinajstić information content (AvgIpc) is 2.88. The van der Waals surface area contributed by atoms with Crippen molar-refractivity contribution in [3.05, 3.63) is 41.5 Å². The van der Waals surface area contributed by atoms with Crippen molar-refractivity contribution in [1.29, 1.82) is 5.26 Å². The molecule has 0 spiro atoms. The summed E-state index contributed by atoms with van der Waals surface area (Å²) in [6.07, 6.45) is 2.22. The van der Waals surface area contributed by atoms with Gasteiger partial charge in [0.1, 0.15) is 18.9 Å². The molecule has 0 unspecified atom stereocenters. The Bertz CT molecular complexity index is 668. The molecule has 0 bridgehead atoms. The maximum atomic E-state index is 12.0. The first-order valence-corrected chi connectivity index (χ1v) is 6.32. The van der Waals surface area contributed by atoms with Gasteiger partial charge in [-0.15, -0.1) is 5.10 Å². The first kappa shape index (κ1) is 13.7. The second-order valence-electron chi connectivity index (χ2n) is 4.39. The van der Waals surface area contributed by atoms with Crippen molar-refractivity contribution >= 4 is 11.6 Å². The quantitative estimate of drug-likeness (QED) is 0.914. The third-order valence-electron chi connectivity index (χ3n) is 2.95. The molecule has 1 aromatic carbocycles. The Morgan fingerprint density at radius 2 is 2.30 bits per heavy atom. The number of benzene rings is 1. The number of aromatic nitrogens is 3. The van der Waals surface area contributed by atoms with E-state index in [9.17, 15) is 4.79 Å². The van der Waals surface area contributed by atoms with E-state index in [1.807, 2.05) is 38.1 Å². The lowest BCUT2D eigenvalue weighted by atomic mass is 10.1. The highest BCUT2D eigenvalue weighted by molar-refractivity contribution is 5.92. The Kier molecular flexibility index (Phi) is 4.11. The normalized spacial score (nSPS) is 10.1. The first-order valence-electron chi connectivity index (χ1n) is 6.32. The fraction of sp³-hybridized carbons (Fsp3) is 0.286. The third kappa shape index (κ3) is 3.01. The standard InChI is InChI=1S/C14H15N5O/c1-3-11-6-4-5-10(2)14(11)17-13(20)8-19-9-16-12(7-15)18-19/h4-6,9H,3,8H2,1-2H3,(H,17,20). The van der Waals surface area contributed by atoms with Gasteiger partial charge in [0.2, 0.25) is 5.91 Å². The average molecular weight is 269 g/mol. The Balaban J connectivity index is 2.10. The second-order valence-corrected chi connectivity index (χ2v) is 4.39. The predicted octanol–water partition coefficient (Wildman–Crippen LogP) is 1.66. The Labute approximate surface area is 117 Å². The summed E-state index contributed by atoms with van der Waals surface area (Å²) in [6.45, 7) is 4.03. The third-order valence-corrected chi connectivity index (χ3v) is 2.95. The van der Waals surface area contributed by atoms with Crippen LogP contribution in [0.4, 0.5) is 5.69 Å². The van der Waals surface area contributed by atoms with E-state index in [4.69, 9.17) is 5.26 Å². The SMILES string of the molecule is CCc1cccc(C)c1NC(=O)Cn1cnc(C#N)n1. The molecule has 0 fully saturated rings. The molecule has 20 heavy (non-hydrogen) atoms. The molecule has 1 N–H and O–H groups in total. The van der Waals surface area contributed by atoms with E-state index >= 15 is 0 Å². The fourth-order valence-corrected chi connectivity index (χ4v) is 1.95. The highest BCUT2D eigenvalue weighted by Crippen LogP contribution is 2.20. The summed E-state index contributed by atoms with van der Waals surface area (Å²) in [7, 11) is 0. The zero-order valence-corrected chi connectivity index (χ0v) is 11.4. The molecule has 0 aliphatic rings. The van der Waals surface area contributed by atoms with Gasteiger partial charge in [-0.1, -0.05) is 25.1 Å². The highest BCUT2D eigenvalue weighted by atomic mass is 16.2. The number of nitrogens with zero attached hydrogens (tertiary/aromatic N) is 4. The Morgan fingerprint density at radius 1 is 1.50 bits per heavy atom. The molecule has 0 saturated heterocycles. The molecule has 0 aliphatic carbocycles. The van der Waals surface area contributed by atoms with Gasteiger partial charge in [-0.2, -0.15) is 5.26 Å². The van der Waals surface area contributed by atoms with Crippen LogP contribution in [0.5, 0.6) is 0 Å². The van der Waals surface area contributed by atoms with Gasteiger partial charge in [-0.3, -0.25) is 4.79 Å². The van der Waals surface area contributed by atoms with E-state index in [0.717, 1.165) is 23.2 Å². The predicted molar refractivity (Wildman–Crippen MR) is 73.9 cm³/mol. The number of hydrogen-bond donors (Lipinski definition) is 1. The summed E-state index contributed by atoms with van der Waals surface area (Å²) in [6, 6.07) is 7.74. The van der Waals surface area contributed by atoms with Crippen molar-refractivity contribution in [2.24, 2.45) is 0 Å². The molecule has 0 atom stereocenters. The number of carbonyl (C=O) groups is 1. The summed E-state index contributed by atoms with van der Waals surface area (Å²) in [5.74, 6) is -0.133. The number of para-hydroxylation sites is 1. The molecular formula is C14H15N5O. The lowest BCUT2D eigenvalue weighted by Gasteiger charge is -2.12. The van der Waals surface area contributed by atoms with Crippen LogP contribution in [0.3, 0.4) is 0 Å². The van der Waals surface area contributed by atoms with Gasteiger partial charge in [-0.25, -0.2) is 9.67 Å². The largest absolute Gasteiger partial charge is 0.324 e. The number of anilines is 1. The zero-order valence-electron chi connectivity index (χ0n) is 11.4. The van der Waals surface area contributed by atoms with E-state index in [1.54, 1.807) is 0 Å². The lowest BCUT2D eigenvalue weighted by Crippen LogP contribution is -2.20. The van der Waals surface area contributed by atoms with Crippen molar-refractivity contribution in [3.63, 3.8) is 0 Å². The number of hydrogen-bond acceptors (Lipinski definition) is 4. The van der Waals surface area contributed by atoms with E-state index < -0.39 is 0 Å². The highest BCUT2D eigenvalue weighted by Gasteiger charge is 2.10.